The van der Waals surface area contributed by atoms with E-state index < -0.39 is 5.54 Å². The highest BCUT2D eigenvalue weighted by molar-refractivity contribution is 6.23. The van der Waals surface area contributed by atoms with Crippen molar-refractivity contribution in [2.75, 3.05) is 0 Å². The highest BCUT2D eigenvalue weighted by Gasteiger charge is 2.25. The molecular formula is C13H18BFN4. The first-order valence-electron chi connectivity index (χ1n) is 5.88. The number of halogens is 1. The maximum absolute atomic E-state index is 13.7. The summed E-state index contributed by atoms with van der Waals surface area (Å²) in [5.74, 6) is -0.193. The lowest BCUT2D eigenvalue weighted by atomic mass is 9.97. The van der Waals surface area contributed by atoms with Crippen LogP contribution in [-0.4, -0.2) is 18.8 Å². The number of nitrogens with one attached hydrogen (secondary N) is 1. The number of guanidine groups is 1. The summed E-state index contributed by atoms with van der Waals surface area (Å²) >= 11 is 0. The molecular weight excluding hydrogens is 242 g/mol. The fourth-order valence-corrected chi connectivity index (χ4v) is 1.48. The van der Waals surface area contributed by atoms with E-state index in [0.29, 0.717) is 0 Å². The summed E-state index contributed by atoms with van der Waals surface area (Å²) in [5, 5.41) is 2.94. The van der Waals surface area contributed by atoms with E-state index in [2.05, 4.69) is 21.9 Å². The summed E-state index contributed by atoms with van der Waals surface area (Å²) in [6.07, 6.45) is 4.79. The van der Waals surface area contributed by atoms with Gasteiger partial charge in [-0.3, -0.25) is 4.98 Å². The topological polar surface area (TPSA) is 63.3 Å². The molecule has 1 aromatic heterocycles. The minimum atomic E-state index is -0.755. The van der Waals surface area contributed by atoms with Crippen LogP contribution in [0.1, 0.15) is 19.5 Å². The molecule has 0 bridgehead atoms. The summed E-state index contributed by atoms with van der Waals surface area (Å²) in [6.45, 7) is 7.18. The molecule has 0 aliphatic carbocycles. The highest BCUT2D eigenvalue weighted by atomic mass is 19.1. The molecule has 1 aromatic rings. The Kier molecular flexibility index (Phi) is 4.86. The summed E-state index contributed by atoms with van der Waals surface area (Å²) in [4.78, 5) is 8.07. The van der Waals surface area contributed by atoms with E-state index in [9.17, 15) is 4.39 Å². The molecule has 1 heterocycles. The molecule has 19 heavy (non-hydrogen) atoms. The Morgan fingerprint density at radius 1 is 1.63 bits per heavy atom. The molecule has 0 saturated heterocycles. The predicted molar refractivity (Wildman–Crippen MR) is 78.8 cm³/mol. The Morgan fingerprint density at radius 2 is 2.32 bits per heavy atom. The molecule has 0 spiro atoms. The second kappa shape index (κ2) is 6.18. The Bertz CT molecular complexity index is 523. The van der Waals surface area contributed by atoms with Gasteiger partial charge in [0.2, 0.25) is 0 Å². The van der Waals surface area contributed by atoms with Crippen molar-refractivity contribution in [2.45, 2.75) is 19.4 Å². The maximum Gasteiger partial charge on any atom is 0.193 e. The summed E-state index contributed by atoms with van der Waals surface area (Å²) < 4.78 is 13.7. The smallest absolute Gasteiger partial charge is 0.193 e. The average molecular weight is 260 g/mol. The van der Waals surface area contributed by atoms with Gasteiger partial charge in [-0.1, -0.05) is 18.1 Å². The van der Waals surface area contributed by atoms with Crippen LogP contribution in [0.3, 0.4) is 0 Å². The average Bonchev–Trinajstić information content (AvgIpc) is 2.35. The SMILES string of the molecule is B/C(C=C)=C/N=C(\N)NC(C)(C)c1ncccc1F. The Balaban J connectivity index is 2.91. The van der Waals surface area contributed by atoms with Crippen molar-refractivity contribution in [3.8, 4) is 0 Å². The fraction of sp³-hybridized carbons (Fsp3) is 0.231. The zero-order chi connectivity index (χ0) is 14.5. The first-order chi connectivity index (χ1) is 8.86. The third kappa shape index (κ3) is 4.24. The predicted octanol–water partition coefficient (Wildman–Crippen LogP) is 1.02. The van der Waals surface area contributed by atoms with Gasteiger partial charge in [-0.15, -0.1) is 0 Å². The van der Waals surface area contributed by atoms with Crippen molar-refractivity contribution >= 4 is 13.8 Å². The molecule has 1 rings (SSSR count). The molecule has 0 unspecified atom stereocenters. The lowest BCUT2D eigenvalue weighted by molar-refractivity contribution is 0.434. The van der Waals surface area contributed by atoms with Gasteiger partial charge in [-0.2, -0.15) is 0 Å². The standard InChI is InChI=1S/C13H18BFN4/c1-4-9(14)8-18-12(16)19-13(2,3)11-10(15)6-5-7-17-11/h4-8H,1,14H2,2-3H3,(H3,16,18,19)/b9-8+. The van der Waals surface area contributed by atoms with Crippen molar-refractivity contribution in [1.29, 1.82) is 0 Å². The third-order valence-corrected chi connectivity index (χ3v) is 2.52. The minimum absolute atomic E-state index is 0.191. The van der Waals surface area contributed by atoms with Gasteiger partial charge < -0.3 is 11.1 Å². The van der Waals surface area contributed by atoms with E-state index in [4.69, 9.17) is 5.73 Å². The van der Waals surface area contributed by atoms with Crippen LogP contribution >= 0.6 is 0 Å². The van der Waals surface area contributed by atoms with Crippen molar-refractivity contribution in [2.24, 2.45) is 10.7 Å². The molecule has 100 valence electrons. The van der Waals surface area contributed by atoms with Gasteiger partial charge in [0.1, 0.15) is 19.4 Å². The van der Waals surface area contributed by atoms with E-state index in [0.717, 1.165) is 5.47 Å². The van der Waals surface area contributed by atoms with Gasteiger partial charge in [-0.25, -0.2) is 9.38 Å². The molecule has 0 amide bonds. The number of hydrogen-bond acceptors (Lipinski definition) is 2. The number of pyridine rings is 1. The van der Waals surface area contributed by atoms with E-state index in [1.807, 2.05) is 7.85 Å². The Labute approximate surface area is 113 Å². The largest absolute Gasteiger partial charge is 0.370 e. The monoisotopic (exact) mass is 260 g/mol. The van der Waals surface area contributed by atoms with Crippen LogP contribution in [0.15, 0.2) is 47.6 Å². The van der Waals surface area contributed by atoms with Crippen LogP contribution in [0.25, 0.3) is 0 Å². The van der Waals surface area contributed by atoms with Crippen molar-refractivity contribution < 1.29 is 4.39 Å². The minimum Gasteiger partial charge on any atom is -0.370 e. The van der Waals surface area contributed by atoms with Gasteiger partial charge in [0.15, 0.2) is 5.96 Å². The van der Waals surface area contributed by atoms with Crippen molar-refractivity contribution in [3.05, 3.63) is 54.2 Å². The van der Waals surface area contributed by atoms with E-state index >= 15 is 0 Å². The van der Waals surface area contributed by atoms with Crippen LogP contribution in [0.4, 0.5) is 4.39 Å². The molecule has 0 saturated carbocycles. The quantitative estimate of drug-likeness (QED) is 0.367. The molecule has 0 aliphatic rings. The molecule has 0 atom stereocenters. The summed E-state index contributed by atoms with van der Waals surface area (Å²) in [5.41, 5.74) is 6.18. The number of nitrogens with two attached hydrogens (primary N) is 1. The zero-order valence-electron chi connectivity index (χ0n) is 11.4. The van der Waals surface area contributed by atoms with Crippen LogP contribution in [0.5, 0.6) is 0 Å². The number of hydrogen-bond donors (Lipinski definition) is 2. The lowest BCUT2D eigenvalue weighted by Gasteiger charge is -2.26. The third-order valence-electron chi connectivity index (χ3n) is 2.52. The van der Waals surface area contributed by atoms with E-state index in [-0.39, 0.29) is 17.5 Å². The maximum atomic E-state index is 13.7. The second-order valence-corrected chi connectivity index (χ2v) is 4.68. The lowest BCUT2D eigenvalue weighted by Crippen LogP contribution is -2.46. The Hall–Kier alpha value is -2.11. The molecule has 4 nitrogen and oxygen atoms in total. The second-order valence-electron chi connectivity index (χ2n) is 4.68. The normalized spacial score (nSPS) is 13.2. The number of rotatable bonds is 4. The zero-order valence-corrected chi connectivity index (χ0v) is 11.4. The molecule has 0 aliphatic heterocycles. The first-order valence-corrected chi connectivity index (χ1v) is 5.88. The van der Waals surface area contributed by atoms with Gasteiger partial charge in [0, 0.05) is 12.4 Å². The van der Waals surface area contributed by atoms with Crippen LogP contribution in [0, 0.1) is 5.82 Å². The number of aromatic nitrogens is 1. The molecule has 6 heteroatoms. The van der Waals surface area contributed by atoms with E-state index in [1.165, 1.54) is 12.3 Å². The molecule has 0 radical (unpaired) electrons. The summed E-state index contributed by atoms with van der Waals surface area (Å²) in [6, 6.07) is 2.91. The number of allylic oxidation sites excluding steroid dienone is 2. The van der Waals surface area contributed by atoms with Crippen LogP contribution in [0.2, 0.25) is 0 Å². The fourth-order valence-electron chi connectivity index (χ4n) is 1.48. The number of nitrogens with zero attached hydrogens (tertiary/aromatic N) is 2. The highest BCUT2D eigenvalue weighted by Crippen LogP contribution is 2.19. The molecule has 3 N–H and O–H groups in total. The van der Waals surface area contributed by atoms with Gasteiger partial charge in [0.05, 0.1) is 5.54 Å². The van der Waals surface area contributed by atoms with Crippen LogP contribution in [-0.2, 0) is 5.54 Å². The van der Waals surface area contributed by atoms with Gasteiger partial charge in [0.25, 0.3) is 0 Å². The Morgan fingerprint density at radius 3 is 2.89 bits per heavy atom. The van der Waals surface area contributed by atoms with Crippen LogP contribution < -0.4 is 11.1 Å². The molecule has 0 fully saturated rings. The van der Waals surface area contributed by atoms with Gasteiger partial charge >= 0.3 is 0 Å². The summed E-state index contributed by atoms with van der Waals surface area (Å²) in [7, 11) is 1.85. The number of aliphatic imine (C=N–C) groups is 1. The van der Waals surface area contributed by atoms with Crippen molar-refractivity contribution in [3.63, 3.8) is 0 Å². The van der Waals surface area contributed by atoms with E-state index in [1.54, 1.807) is 32.2 Å². The van der Waals surface area contributed by atoms with Gasteiger partial charge in [-0.05, 0) is 26.0 Å². The van der Waals surface area contributed by atoms with Crippen molar-refractivity contribution in [1.82, 2.24) is 10.3 Å². The molecule has 0 aromatic carbocycles. The first kappa shape index (κ1) is 15.0.